The van der Waals surface area contributed by atoms with Gasteiger partial charge >= 0.3 is 0 Å². The summed E-state index contributed by atoms with van der Waals surface area (Å²) in [4.78, 5) is 9.87. The van der Waals surface area contributed by atoms with Gasteiger partial charge in [0.25, 0.3) is 15.7 Å². The smallest absolute Gasteiger partial charge is 0.290 e. The van der Waals surface area contributed by atoms with Crippen molar-refractivity contribution in [2.24, 2.45) is 0 Å². The molecule has 0 aliphatic carbocycles. The lowest BCUT2D eigenvalue weighted by Crippen LogP contribution is -2.34. The summed E-state index contributed by atoms with van der Waals surface area (Å²) < 4.78 is 26.4. The molecule has 2 rings (SSSR count). The Morgan fingerprint density at radius 1 is 1.30 bits per heavy atom. The van der Waals surface area contributed by atoms with E-state index in [2.05, 4.69) is 5.32 Å². The van der Waals surface area contributed by atoms with Crippen LogP contribution in [-0.2, 0) is 10.0 Å². The molecule has 0 bridgehead atoms. The van der Waals surface area contributed by atoms with Crippen LogP contribution in [0.1, 0.15) is 6.42 Å². The van der Waals surface area contributed by atoms with Crippen molar-refractivity contribution >= 4 is 27.3 Å². The fourth-order valence-corrected chi connectivity index (χ4v) is 4.23. The molecule has 1 aliphatic heterocycles. The van der Waals surface area contributed by atoms with Gasteiger partial charge in [-0.1, -0.05) is 17.7 Å². The summed E-state index contributed by atoms with van der Waals surface area (Å²) in [6.07, 6.45) is 0.650. The predicted octanol–water partition coefficient (Wildman–Crippen LogP) is 1.23. The number of nitrogens with one attached hydrogen (secondary N) is 1. The molecular weight excluding hydrogens is 306 g/mol. The molecule has 0 saturated carbocycles. The second-order valence-corrected chi connectivity index (χ2v) is 6.63. The quantitative estimate of drug-likeness (QED) is 0.668. The highest BCUT2D eigenvalue weighted by atomic mass is 35.5. The number of halogens is 1. The van der Waals surface area contributed by atoms with Gasteiger partial charge in [0.15, 0.2) is 4.90 Å². The first-order valence-corrected chi connectivity index (χ1v) is 7.90. The van der Waals surface area contributed by atoms with Gasteiger partial charge in [-0.25, -0.2) is 8.42 Å². The second kappa shape index (κ2) is 6.04. The van der Waals surface area contributed by atoms with Crippen LogP contribution in [0.25, 0.3) is 0 Å². The molecule has 1 aromatic rings. The summed E-state index contributed by atoms with van der Waals surface area (Å²) in [7, 11) is -3.97. The number of nitro benzene ring substituents is 1. The van der Waals surface area contributed by atoms with Gasteiger partial charge in [-0.3, -0.25) is 10.1 Å². The maximum Gasteiger partial charge on any atom is 0.290 e. The summed E-state index contributed by atoms with van der Waals surface area (Å²) in [5.41, 5.74) is -0.491. The third-order valence-electron chi connectivity index (χ3n) is 3.04. The second-order valence-electron chi connectivity index (χ2n) is 4.35. The molecule has 0 atom stereocenters. The van der Waals surface area contributed by atoms with E-state index in [0.29, 0.717) is 19.5 Å². The van der Waals surface area contributed by atoms with E-state index in [1.807, 2.05) is 0 Å². The van der Waals surface area contributed by atoms with E-state index in [4.69, 9.17) is 11.6 Å². The number of benzene rings is 1. The summed E-state index contributed by atoms with van der Waals surface area (Å²) in [5, 5.41) is 14.0. The van der Waals surface area contributed by atoms with Crippen molar-refractivity contribution in [2.45, 2.75) is 11.3 Å². The molecule has 0 spiro atoms. The zero-order valence-corrected chi connectivity index (χ0v) is 12.2. The first-order valence-electron chi connectivity index (χ1n) is 6.08. The van der Waals surface area contributed by atoms with Crippen LogP contribution in [0.15, 0.2) is 23.1 Å². The molecule has 1 fully saturated rings. The SMILES string of the molecule is O=[N+]([O-])c1cccc(Cl)c1S(=O)(=O)N1CCCNCC1. The van der Waals surface area contributed by atoms with Gasteiger partial charge in [0.1, 0.15) is 0 Å². The number of hydrogen-bond donors (Lipinski definition) is 1. The Balaban J connectivity index is 2.51. The Morgan fingerprint density at radius 3 is 2.75 bits per heavy atom. The molecule has 1 aliphatic rings. The van der Waals surface area contributed by atoms with E-state index in [1.54, 1.807) is 0 Å². The average molecular weight is 320 g/mol. The summed E-state index contributed by atoms with van der Waals surface area (Å²) >= 11 is 5.89. The fourth-order valence-electron chi connectivity index (χ4n) is 2.09. The van der Waals surface area contributed by atoms with Crippen LogP contribution in [0.4, 0.5) is 5.69 Å². The number of hydrogen-bond acceptors (Lipinski definition) is 5. The van der Waals surface area contributed by atoms with E-state index in [1.165, 1.54) is 16.4 Å². The maximum absolute atomic E-state index is 12.6. The average Bonchev–Trinajstić information content (AvgIpc) is 2.67. The summed E-state index contributed by atoms with van der Waals surface area (Å²) in [5.74, 6) is 0. The Bertz CT molecular complexity index is 612. The number of nitrogens with zero attached hydrogens (tertiary/aromatic N) is 2. The molecule has 1 heterocycles. The molecule has 0 unspecified atom stereocenters. The Labute approximate surface area is 121 Å². The van der Waals surface area contributed by atoms with Crippen LogP contribution in [0.5, 0.6) is 0 Å². The van der Waals surface area contributed by atoms with E-state index in [-0.39, 0.29) is 11.6 Å². The molecule has 110 valence electrons. The van der Waals surface area contributed by atoms with Crippen LogP contribution < -0.4 is 5.32 Å². The first kappa shape index (κ1) is 15.2. The van der Waals surface area contributed by atoms with E-state index in [0.717, 1.165) is 12.6 Å². The molecule has 9 heteroatoms. The van der Waals surface area contributed by atoms with E-state index in [9.17, 15) is 18.5 Å². The summed E-state index contributed by atoms with van der Waals surface area (Å²) in [6.45, 7) is 1.82. The van der Waals surface area contributed by atoms with Crippen molar-refractivity contribution in [3.63, 3.8) is 0 Å². The van der Waals surface area contributed by atoms with Crippen molar-refractivity contribution < 1.29 is 13.3 Å². The zero-order valence-electron chi connectivity index (χ0n) is 10.6. The van der Waals surface area contributed by atoms with Crippen molar-refractivity contribution in [1.82, 2.24) is 9.62 Å². The molecule has 1 N–H and O–H groups in total. The molecule has 0 amide bonds. The third-order valence-corrected chi connectivity index (χ3v) is 5.46. The largest absolute Gasteiger partial charge is 0.315 e. The number of rotatable bonds is 3. The molecule has 0 aromatic heterocycles. The molecule has 1 aromatic carbocycles. The minimum Gasteiger partial charge on any atom is -0.315 e. The lowest BCUT2D eigenvalue weighted by atomic mass is 10.3. The highest BCUT2D eigenvalue weighted by Gasteiger charge is 2.34. The topological polar surface area (TPSA) is 92.5 Å². The summed E-state index contributed by atoms with van der Waals surface area (Å²) in [6, 6.07) is 3.86. The van der Waals surface area contributed by atoms with Crippen LogP contribution in [-0.4, -0.2) is 43.8 Å². The predicted molar refractivity (Wildman–Crippen MR) is 74.4 cm³/mol. The third kappa shape index (κ3) is 2.93. The van der Waals surface area contributed by atoms with Gasteiger partial charge < -0.3 is 5.32 Å². The fraction of sp³-hybridized carbons (Fsp3) is 0.455. The van der Waals surface area contributed by atoms with Gasteiger partial charge in [-0.15, -0.1) is 0 Å². The van der Waals surface area contributed by atoms with Crippen LogP contribution in [0.2, 0.25) is 5.02 Å². The molecule has 0 radical (unpaired) electrons. The Kier molecular flexibility index (Phi) is 4.59. The molecule has 1 saturated heterocycles. The minimum atomic E-state index is -3.97. The van der Waals surface area contributed by atoms with Gasteiger partial charge in [-0.05, 0) is 19.0 Å². The van der Waals surface area contributed by atoms with Gasteiger partial charge in [0, 0.05) is 25.7 Å². The highest BCUT2D eigenvalue weighted by molar-refractivity contribution is 7.89. The highest BCUT2D eigenvalue weighted by Crippen LogP contribution is 2.33. The van der Waals surface area contributed by atoms with Gasteiger partial charge in [0.2, 0.25) is 0 Å². The van der Waals surface area contributed by atoms with Crippen molar-refractivity contribution in [3.8, 4) is 0 Å². The normalized spacial score (nSPS) is 17.6. The Hall–Kier alpha value is -1.22. The lowest BCUT2D eigenvalue weighted by Gasteiger charge is -2.20. The first-order chi connectivity index (χ1) is 9.44. The molecule has 7 nitrogen and oxygen atoms in total. The van der Waals surface area contributed by atoms with Crippen LogP contribution in [0.3, 0.4) is 0 Å². The minimum absolute atomic E-state index is 0.128. The van der Waals surface area contributed by atoms with Crippen molar-refractivity contribution in [3.05, 3.63) is 33.3 Å². The van der Waals surface area contributed by atoms with Crippen LogP contribution >= 0.6 is 11.6 Å². The monoisotopic (exact) mass is 319 g/mol. The van der Waals surface area contributed by atoms with E-state index < -0.39 is 25.5 Å². The van der Waals surface area contributed by atoms with E-state index >= 15 is 0 Å². The zero-order chi connectivity index (χ0) is 14.8. The van der Waals surface area contributed by atoms with Gasteiger partial charge in [0.05, 0.1) is 9.95 Å². The molecule has 20 heavy (non-hydrogen) atoms. The maximum atomic E-state index is 12.6. The number of nitro groups is 1. The van der Waals surface area contributed by atoms with Gasteiger partial charge in [-0.2, -0.15) is 4.31 Å². The van der Waals surface area contributed by atoms with Crippen molar-refractivity contribution in [1.29, 1.82) is 0 Å². The Morgan fingerprint density at radius 2 is 2.05 bits per heavy atom. The van der Waals surface area contributed by atoms with Crippen molar-refractivity contribution in [2.75, 3.05) is 26.2 Å². The standard InChI is InChI=1S/C11H14ClN3O4S/c12-9-3-1-4-10(15(16)17)11(9)20(18,19)14-7-2-5-13-6-8-14/h1,3-4,13H,2,5-8H2. The molecular formula is C11H14ClN3O4S. The lowest BCUT2D eigenvalue weighted by molar-refractivity contribution is -0.387. The number of sulfonamides is 1. The van der Waals surface area contributed by atoms with Crippen LogP contribution in [0, 0.1) is 10.1 Å².